The Labute approximate surface area is 207 Å². The third-order valence-electron chi connectivity index (χ3n) is 6.71. The first-order valence-electron chi connectivity index (χ1n) is 12.7. The minimum Gasteiger partial charge on any atom is -0.505 e. The van der Waals surface area contributed by atoms with Gasteiger partial charge in [-0.15, -0.1) is 0 Å². The van der Waals surface area contributed by atoms with Gasteiger partial charge in [-0.1, -0.05) is 68.8 Å². The first-order chi connectivity index (χ1) is 17.0. The van der Waals surface area contributed by atoms with Gasteiger partial charge in [-0.25, -0.2) is 4.98 Å². The molecule has 2 aromatic carbocycles. The van der Waals surface area contributed by atoms with E-state index in [1.165, 1.54) is 5.56 Å². The van der Waals surface area contributed by atoms with Gasteiger partial charge >= 0.3 is 0 Å². The number of anilines is 2. The maximum Gasteiger partial charge on any atom is 0.263 e. The van der Waals surface area contributed by atoms with E-state index in [4.69, 9.17) is 0 Å². The molecule has 1 fully saturated rings. The molecule has 0 bridgehead atoms. The fourth-order valence-corrected chi connectivity index (χ4v) is 4.90. The van der Waals surface area contributed by atoms with Crippen LogP contribution in [0, 0.1) is 0 Å². The van der Waals surface area contributed by atoms with E-state index in [0.717, 1.165) is 31.4 Å². The molecule has 1 aromatic heterocycles. The molecule has 1 aliphatic heterocycles. The summed E-state index contributed by atoms with van der Waals surface area (Å²) in [5, 5.41) is 22.4. The van der Waals surface area contributed by atoms with Gasteiger partial charge in [0.25, 0.3) is 5.91 Å². The third-order valence-corrected chi connectivity index (χ3v) is 6.71. The van der Waals surface area contributed by atoms with Gasteiger partial charge in [-0.2, -0.15) is 0 Å². The van der Waals surface area contributed by atoms with Crippen LogP contribution in [0.4, 0.5) is 11.4 Å². The van der Waals surface area contributed by atoms with Gasteiger partial charge in [0.2, 0.25) is 5.88 Å². The Kier molecular flexibility index (Phi) is 7.91. The van der Waals surface area contributed by atoms with Crippen LogP contribution in [0.5, 0.6) is 11.6 Å². The molecule has 2 N–H and O–H groups in total. The highest BCUT2D eigenvalue weighted by Crippen LogP contribution is 2.43. The molecule has 1 saturated heterocycles. The summed E-state index contributed by atoms with van der Waals surface area (Å²) in [6.45, 7) is 5.94. The van der Waals surface area contributed by atoms with Crippen LogP contribution in [0.1, 0.15) is 67.1 Å². The van der Waals surface area contributed by atoms with Crippen LogP contribution in [-0.2, 0) is 6.42 Å². The number of pyridine rings is 1. The van der Waals surface area contributed by atoms with Crippen molar-refractivity contribution in [3.05, 3.63) is 77.5 Å². The van der Waals surface area contributed by atoms with Crippen LogP contribution in [-0.4, -0.2) is 45.6 Å². The van der Waals surface area contributed by atoms with Gasteiger partial charge < -0.3 is 20.0 Å². The quantitative estimate of drug-likeness (QED) is 0.398. The summed E-state index contributed by atoms with van der Waals surface area (Å²) < 4.78 is 0. The van der Waals surface area contributed by atoms with Crippen LogP contribution in [0.15, 0.2) is 60.7 Å². The normalized spacial score (nSPS) is 15.4. The second kappa shape index (κ2) is 11.3. The van der Waals surface area contributed by atoms with Gasteiger partial charge in [0.15, 0.2) is 5.75 Å². The summed E-state index contributed by atoms with van der Waals surface area (Å²) in [5.74, 6) is -0.718. The first kappa shape index (κ1) is 24.6. The summed E-state index contributed by atoms with van der Waals surface area (Å²) in [4.78, 5) is 21.8. The van der Waals surface area contributed by atoms with Crippen LogP contribution in [0.25, 0.3) is 0 Å². The monoisotopic (exact) mass is 473 g/mol. The van der Waals surface area contributed by atoms with E-state index in [2.05, 4.69) is 31.0 Å². The number of aromatic hydroxyl groups is 2. The molecule has 0 unspecified atom stereocenters. The molecule has 1 amide bonds. The molecule has 0 saturated carbocycles. The van der Waals surface area contributed by atoms with E-state index in [9.17, 15) is 15.0 Å². The van der Waals surface area contributed by atoms with Crippen molar-refractivity contribution >= 4 is 17.3 Å². The van der Waals surface area contributed by atoms with Crippen molar-refractivity contribution in [2.45, 2.75) is 51.9 Å². The number of carbonyl (C=O) groups excluding carboxylic acids is 1. The molecule has 6 heteroatoms. The summed E-state index contributed by atoms with van der Waals surface area (Å²) in [6.07, 6.45) is 4.12. The maximum absolute atomic E-state index is 13.6. The van der Waals surface area contributed by atoms with Crippen molar-refractivity contribution in [2.24, 2.45) is 0 Å². The fraction of sp³-hybridized carbons (Fsp3) is 0.379. The minimum absolute atomic E-state index is 0.106. The van der Waals surface area contributed by atoms with Crippen LogP contribution >= 0.6 is 0 Å². The van der Waals surface area contributed by atoms with Crippen molar-refractivity contribution < 1.29 is 15.0 Å². The van der Waals surface area contributed by atoms with Gasteiger partial charge in [0, 0.05) is 31.2 Å². The fourth-order valence-electron chi connectivity index (χ4n) is 4.90. The summed E-state index contributed by atoms with van der Waals surface area (Å²) in [6, 6.07) is 20.0. The highest BCUT2D eigenvalue weighted by atomic mass is 16.3. The number of benzene rings is 2. The van der Waals surface area contributed by atoms with Gasteiger partial charge in [-0.3, -0.25) is 4.79 Å². The largest absolute Gasteiger partial charge is 0.505 e. The number of aromatic nitrogens is 1. The number of rotatable bonds is 9. The Morgan fingerprint density at radius 2 is 1.71 bits per heavy atom. The zero-order valence-corrected chi connectivity index (χ0v) is 20.7. The molecule has 1 atom stereocenters. The lowest BCUT2D eigenvalue weighted by Crippen LogP contribution is -2.29. The van der Waals surface area contributed by atoms with E-state index in [1.807, 2.05) is 53.4 Å². The second-order valence-electron chi connectivity index (χ2n) is 9.19. The molecule has 184 valence electrons. The number of aryl methyl sites for hydroxylation is 1. The molecule has 2 heterocycles. The zero-order valence-electron chi connectivity index (χ0n) is 20.7. The van der Waals surface area contributed by atoms with Gasteiger partial charge in [0.05, 0.1) is 5.69 Å². The first-order valence-corrected chi connectivity index (χ1v) is 12.7. The molecular formula is C29H35N3O3. The predicted molar refractivity (Wildman–Crippen MR) is 140 cm³/mol. The van der Waals surface area contributed by atoms with Gasteiger partial charge in [0.1, 0.15) is 11.3 Å². The summed E-state index contributed by atoms with van der Waals surface area (Å²) >= 11 is 0. The second-order valence-corrected chi connectivity index (χ2v) is 9.19. The molecule has 3 aromatic rings. The number of amides is 1. The number of para-hydroxylation sites is 1. The Balaban J connectivity index is 1.73. The molecular weight excluding hydrogens is 438 g/mol. The Morgan fingerprint density at radius 3 is 2.37 bits per heavy atom. The lowest BCUT2D eigenvalue weighted by Gasteiger charge is -2.29. The lowest BCUT2D eigenvalue weighted by atomic mass is 9.99. The third kappa shape index (κ3) is 5.26. The van der Waals surface area contributed by atoms with Crippen LogP contribution in [0.3, 0.4) is 0 Å². The van der Waals surface area contributed by atoms with Crippen molar-refractivity contribution in [3.63, 3.8) is 0 Å². The molecule has 1 aliphatic rings. The predicted octanol–water partition coefficient (Wildman–Crippen LogP) is 6.01. The number of unbranched alkanes of at least 4 members (excludes halogenated alkanes) is 1. The van der Waals surface area contributed by atoms with Crippen molar-refractivity contribution in [2.75, 3.05) is 24.5 Å². The highest BCUT2D eigenvalue weighted by molar-refractivity contribution is 6.01. The Hall–Kier alpha value is -3.54. The molecule has 6 nitrogen and oxygen atoms in total. The van der Waals surface area contributed by atoms with E-state index in [0.29, 0.717) is 37.4 Å². The number of hydrogen-bond donors (Lipinski definition) is 2. The van der Waals surface area contributed by atoms with E-state index in [-0.39, 0.29) is 23.1 Å². The zero-order chi connectivity index (χ0) is 24.8. The number of likely N-dealkylation sites (tertiary alicyclic amines) is 1. The number of carbonyl (C=O) groups is 1. The minimum atomic E-state index is -0.393. The van der Waals surface area contributed by atoms with E-state index in [1.54, 1.807) is 4.90 Å². The number of hydrogen-bond acceptors (Lipinski definition) is 5. The average Bonchev–Trinajstić information content (AvgIpc) is 3.38. The molecule has 35 heavy (non-hydrogen) atoms. The van der Waals surface area contributed by atoms with Crippen molar-refractivity contribution in [3.8, 4) is 11.6 Å². The SMILES string of the molecule is CCCCc1nc(O)c(C(=O)N2CC[C@@H](c3ccccc3)C2)c(O)c1N(CCC)c1ccccc1. The summed E-state index contributed by atoms with van der Waals surface area (Å²) in [5.41, 5.74) is 3.14. The highest BCUT2D eigenvalue weighted by Gasteiger charge is 2.34. The lowest BCUT2D eigenvalue weighted by molar-refractivity contribution is 0.0783. The topological polar surface area (TPSA) is 76.9 Å². The molecule has 0 spiro atoms. The standard InChI is InChI=1S/C29H35N3O3/c1-3-5-16-24-26(32(18-4-2)23-14-10-7-11-15-23)27(33)25(28(34)30-24)29(35)31-19-17-22(20-31)21-12-8-6-9-13-21/h6-15,22H,3-5,16-20H2,1-2H3,(H2,30,33,34)/t22-/m1/s1. The van der Waals surface area contributed by atoms with Crippen LogP contribution < -0.4 is 4.90 Å². The van der Waals surface area contributed by atoms with E-state index >= 15 is 0 Å². The van der Waals surface area contributed by atoms with Crippen molar-refractivity contribution in [1.29, 1.82) is 0 Å². The smallest absolute Gasteiger partial charge is 0.263 e. The van der Waals surface area contributed by atoms with E-state index < -0.39 is 5.88 Å². The molecule has 0 radical (unpaired) electrons. The Morgan fingerprint density at radius 1 is 1.03 bits per heavy atom. The Bertz CT molecular complexity index is 1130. The van der Waals surface area contributed by atoms with Crippen LogP contribution in [0.2, 0.25) is 0 Å². The number of nitrogens with zero attached hydrogens (tertiary/aromatic N) is 3. The van der Waals surface area contributed by atoms with Crippen molar-refractivity contribution in [1.82, 2.24) is 9.88 Å². The molecule has 0 aliphatic carbocycles. The average molecular weight is 474 g/mol. The molecule has 4 rings (SSSR count). The van der Waals surface area contributed by atoms with Gasteiger partial charge in [-0.05, 0) is 43.4 Å². The summed E-state index contributed by atoms with van der Waals surface area (Å²) in [7, 11) is 0. The maximum atomic E-state index is 13.6.